The highest BCUT2D eigenvalue weighted by Crippen LogP contribution is 2.11. The van der Waals surface area contributed by atoms with E-state index in [1.807, 2.05) is 6.92 Å². The summed E-state index contributed by atoms with van der Waals surface area (Å²) in [6.45, 7) is 6.19. The molecule has 0 amide bonds. The first-order valence-electron chi connectivity index (χ1n) is 4.33. The third kappa shape index (κ3) is 2.89. The first kappa shape index (κ1) is 9.77. The summed E-state index contributed by atoms with van der Waals surface area (Å²) in [4.78, 5) is 7.87. The Hall–Kier alpha value is -1.32. The highest BCUT2D eigenvalue weighted by molar-refractivity contribution is 5.24. The topological polar surface area (TPSA) is 61.0 Å². The molecule has 0 aromatic carbocycles. The van der Waals surface area contributed by atoms with Crippen molar-refractivity contribution in [3.63, 3.8) is 0 Å². The van der Waals surface area contributed by atoms with Crippen molar-refractivity contribution in [1.82, 2.24) is 9.97 Å². The van der Waals surface area contributed by atoms with Crippen LogP contribution in [0.25, 0.3) is 0 Å². The van der Waals surface area contributed by atoms with E-state index in [2.05, 4.69) is 23.8 Å². The Morgan fingerprint density at radius 1 is 1.23 bits per heavy atom. The maximum Gasteiger partial charge on any atom is 0.232 e. The average molecular weight is 181 g/mol. The van der Waals surface area contributed by atoms with E-state index in [0.29, 0.717) is 17.6 Å². The summed E-state index contributed by atoms with van der Waals surface area (Å²) in [5, 5.41) is 0. The molecule has 0 saturated carbocycles. The third-order valence-electron chi connectivity index (χ3n) is 1.89. The molecule has 72 valence electrons. The van der Waals surface area contributed by atoms with Gasteiger partial charge in [-0.15, -0.1) is 0 Å². The van der Waals surface area contributed by atoms with Crippen LogP contribution >= 0.6 is 0 Å². The predicted molar refractivity (Wildman–Crippen MR) is 51.4 cm³/mol. The van der Waals surface area contributed by atoms with Gasteiger partial charge < -0.3 is 10.5 Å². The molecule has 13 heavy (non-hydrogen) atoms. The summed E-state index contributed by atoms with van der Waals surface area (Å²) in [5.74, 6) is 1.39. The molecule has 1 aromatic heterocycles. The van der Waals surface area contributed by atoms with Crippen LogP contribution in [0.1, 0.15) is 20.8 Å². The van der Waals surface area contributed by atoms with Crippen molar-refractivity contribution in [3.8, 4) is 5.88 Å². The van der Waals surface area contributed by atoms with Gasteiger partial charge in [0.2, 0.25) is 5.88 Å². The lowest BCUT2D eigenvalue weighted by molar-refractivity contribution is 0.163. The van der Waals surface area contributed by atoms with Crippen LogP contribution in [0.3, 0.4) is 0 Å². The van der Waals surface area contributed by atoms with Gasteiger partial charge >= 0.3 is 0 Å². The van der Waals surface area contributed by atoms with Crippen LogP contribution in [0, 0.1) is 5.92 Å². The monoisotopic (exact) mass is 181 g/mol. The van der Waals surface area contributed by atoms with Crippen LogP contribution in [-0.2, 0) is 0 Å². The number of anilines is 1. The molecule has 0 bridgehead atoms. The molecule has 1 unspecified atom stereocenters. The summed E-state index contributed by atoms with van der Waals surface area (Å²) < 4.78 is 5.50. The number of nitrogens with zero attached hydrogens (tertiary/aromatic N) is 2. The molecule has 0 aliphatic heterocycles. The van der Waals surface area contributed by atoms with Gasteiger partial charge in [0.1, 0.15) is 5.82 Å². The number of hydrogen-bond acceptors (Lipinski definition) is 4. The highest BCUT2D eigenvalue weighted by Gasteiger charge is 2.09. The Morgan fingerprint density at radius 3 is 2.38 bits per heavy atom. The van der Waals surface area contributed by atoms with Gasteiger partial charge in [-0.05, 0) is 12.8 Å². The van der Waals surface area contributed by atoms with Crippen LogP contribution in [0.15, 0.2) is 12.4 Å². The van der Waals surface area contributed by atoms with Gasteiger partial charge in [-0.2, -0.15) is 0 Å². The Morgan fingerprint density at radius 2 is 1.92 bits per heavy atom. The Kier molecular flexibility index (Phi) is 3.06. The Bertz CT molecular complexity index is 258. The SMILES string of the molecule is CC(C)C(C)Oc1cnc(N)cn1. The van der Waals surface area contributed by atoms with E-state index in [1.54, 1.807) is 0 Å². The molecule has 0 radical (unpaired) electrons. The zero-order valence-corrected chi connectivity index (χ0v) is 8.19. The molecule has 4 heteroatoms. The van der Waals surface area contributed by atoms with Crippen molar-refractivity contribution in [2.45, 2.75) is 26.9 Å². The van der Waals surface area contributed by atoms with Crippen LogP contribution in [-0.4, -0.2) is 16.1 Å². The van der Waals surface area contributed by atoms with E-state index in [4.69, 9.17) is 10.5 Å². The first-order valence-corrected chi connectivity index (χ1v) is 4.33. The second-order valence-corrected chi connectivity index (χ2v) is 3.35. The zero-order chi connectivity index (χ0) is 9.84. The molecular weight excluding hydrogens is 166 g/mol. The summed E-state index contributed by atoms with van der Waals surface area (Å²) >= 11 is 0. The van der Waals surface area contributed by atoms with E-state index in [-0.39, 0.29) is 6.10 Å². The summed E-state index contributed by atoms with van der Waals surface area (Å²) in [5.41, 5.74) is 5.39. The van der Waals surface area contributed by atoms with Crippen molar-refractivity contribution in [2.75, 3.05) is 5.73 Å². The molecule has 0 spiro atoms. The standard InChI is InChI=1S/C9H15N3O/c1-6(2)7(3)13-9-5-11-8(10)4-12-9/h4-7H,1-3H3,(H2,10,11). The van der Waals surface area contributed by atoms with Crippen LogP contribution < -0.4 is 10.5 Å². The average Bonchev–Trinajstić information content (AvgIpc) is 2.08. The molecular formula is C9H15N3O. The summed E-state index contributed by atoms with van der Waals surface area (Å²) in [7, 11) is 0. The first-order chi connectivity index (χ1) is 6.09. The molecule has 1 rings (SSSR count). The van der Waals surface area contributed by atoms with E-state index in [9.17, 15) is 0 Å². The molecule has 0 fully saturated rings. The minimum absolute atomic E-state index is 0.137. The molecule has 0 saturated heterocycles. The molecule has 2 N–H and O–H groups in total. The van der Waals surface area contributed by atoms with E-state index in [0.717, 1.165) is 0 Å². The molecule has 0 aliphatic carbocycles. The minimum atomic E-state index is 0.137. The largest absolute Gasteiger partial charge is 0.473 e. The number of rotatable bonds is 3. The normalized spacial score (nSPS) is 12.9. The highest BCUT2D eigenvalue weighted by atomic mass is 16.5. The fraction of sp³-hybridized carbons (Fsp3) is 0.556. The fourth-order valence-electron chi connectivity index (χ4n) is 0.714. The van der Waals surface area contributed by atoms with E-state index < -0.39 is 0 Å². The number of aromatic nitrogens is 2. The maximum atomic E-state index is 5.50. The third-order valence-corrected chi connectivity index (χ3v) is 1.89. The smallest absolute Gasteiger partial charge is 0.232 e. The summed E-state index contributed by atoms with van der Waals surface area (Å²) in [6, 6.07) is 0. The van der Waals surface area contributed by atoms with Gasteiger partial charge in [0, 0.05) is 0 Å². The van der Waals surface area contributed by atoms with Crippen molar-refractivity contribution >= 4 is 5.82 Å². The van der Waals surface area contributed by atoms with Crippen molar-refractivity contribution in [3.05, 3.63) is 12.4 Å². The maximum absolute atomic E-state index is 5.50. The van der Waals surface area contributed by atoms with Crippen molar-refractivity contribution in [2.24, 2.45) is 5.92 Å². The fourth-order valence-corrected chi connectivity index (χ4v) is 0.714. The number of nitrogens with two attached hydrogens (primary N) is 1. The second kappa shape index (κ2) is 4.07. The van der Waals surface area contributed by atoms with Gasteiger partial charge in [0.15, 0.2) is 0 Å². The molecule has 4 nitrogen and oxygen atoms in total. The van der Waals surface area contributed by atoms with Crippen LogP contribution in [0.4, 0.5) is 5.82 Å². The minimum Gasteiger partial charge on any atom is -0.473 e. The quantitative estimate of drug-likeness (QED) is 0.767. The Balaban J connectivity index is 2.59. The van der Waals surface area contributed by atoms with Gasteiger partial charge in [-0.3, -0.25) is 0 Å². The molecule has 0 aliphatic rings. The van der Waals surface area contributed by atoms with Crippen molar-refractivity contribution < 1.29 is 4.74 Å². The van der Waals surface area contributed by atoms with Gasteiger partial charge in [-0.25, -0.2) is 9.97 Å². The summed E-state index contributed by atoms with van der Waals surface area (Å²) in [6.07, 6.45) is 3.16. The zero-order valence-electron chi connectivity index (χ0n) is 8.19. The lowest BCUT2D eigenvalue weighted by atomic mass is 10.1. The van der Waals surface area contributed by atoms with Crippen LogP contribution in [0.2, 0.25) is 0 Å². The molecule has 1 aromatic rings. The lowest BCUT2D eigenvalue weighted by Gasteiger charge is -2.16. The van der Waals surface area contributed by atoms with Gasteiger partial charge in [0.05, 0.1) is 18.5 Å². The van der Waals surface area contributed by atoms with E-state index in [1.165, 1.54) is 12.4 Å². The predicted octanol–water partition coefficient (Wildman–Crippen LogP) is 1.48. The molecule has 1 atom stereocenters. The van der Waals surface area contributed by atoms with E-state index >= 15 is 0 Å². The Labute approximate surface area is 78.1 Å². The number of ether oxygens (including phenoxy) is 1. The van der Waals surface area contributed by atoms with Gasteiger partial charge in [-0.1, -0.05) is 13.8 Å². The number of hydrogen-bond donors (Lipinski definition) is 1. The number of nitrogen functional groups attached to an aromatic ring is 1. The van der Waals surface area contributed by atoms with Crippen molar-refractivity contribution in [1.29, 1.82) is 0 Å². The van der Waals surface area contributed by atoms with Gasteiger partial charge in [0.25, 0.3) is 0 Å². The second-order valence-electron chi connectivity index (χ2n) is 3.35. The lowest BCUT2D eigenvalue weighted by Crippen LogP contribution is -2.19. The molecule has 1 heterocycles. The van der Waals surface area contributed by atoms with Crippen LogP contribution in [0.5, 0.6) is 5.88 Å².